The lowest BCUT2D eigenvalue weighted by atomic mass is 9.78. The number of aliphatic hydroxyl groups is 1. The van der Waals surface area contributed by atoms with E-state index in [1.807, 2.05) is 0 Å². The van der Waals surface area contributed by atoms with Crippen molar-refractivity contribution in [1.82, 2.24) is 0 Å². The van der Waals surface area contributed by atoms with Crippen LogP contribution in [-0.4, -0.2) is 56.1 Å². The third-order valence-corrected chi connectivity index (χ3v) is 2.67. The summed E-state index contributed by atoms with van der Waals surface area (Å²) < 4.78 is 4.81. The number of carbonyl (C=O) groups is 3. The second kappa shape index (κ2) is 5.78. The van der Waals surface area contributed by atoms with Crippen LogP contribution in [0.2, 0.25) is 0 Å². The van der Waals surface area contributed by atoms with Crippen molar-refractivity contribution in [2.75, 3.05) is 6.61 Å². The molecule has 0 heterocycles. The Hall–Kier alpha value is -1.67. The van der Waals surface area contributed by atoms with Crippen molar-refractivity contribution < 1.29 is 39.5 Å². The van der Waals surface area contributed by atoms with E-state index in [9.17, 15) is 19.5 Å². The standard InChI is InChI=1S/C10H16O8/c1-3-9(17,7(13)14)10(8(15)16,18-4-2)5-6(11)12/h17H,3-5H2,1-2H3,(H,11,12)(H,13,14)(H,15,16). The summed E-state index contributed by atoms with van der Waals surface area (Å²) in [4.78, 5) is 33.1. The number of aliphatic carboxylic acids is 3. The maximum atomic E-state index is 11.2. The first-order chi connectivity index (χ1) is 8.17. The molecule has 0 rings (SSSR count). The molecule has 0 aliphatic rings. The minimum atomic E-state index is -2.83. The smallest absolute Gasteiger partial charge is 0.340 e. The highest BCUT2D eigenvalue weighted by atomic mass is 16.5. The van der Waals surface area contributed by atoms with Crippen molar-refractivity contribution in [1.29, 1.82) is 0 Å². The average Bonchev–Trinajstić information content (AvgIpc) is 2.25. The molecular weight excluding hydrogens is 248 g/mol. The Kier molecular flexibility index (Phi) is 5.25. The largest absolute Gasteiger partial charge is 0.481 e. The summed E-state index contributed by atoms with van der Waals surface area (Å²) in [5, 5.41) is 36.8. The minimum absolute atomic E-state index is 0.255. The van der Waals surface area contributed by atoms with Crippen LogP contribution in [0, 0.1) is 0 Å². The fourth-order valence-corrected chi connectivity index (χ4v) is 1.70. The van der Waals surface area contributed by atoms with Gasteiger partial charge in [0.1, 0.15) is 0 Å². The third-order valence-electron chi connectivity index (χ3n) is 2.67. The molecule has 4 N–H and O–H groups in total. The molecule has 2 unspecified atom stereocenters. The highest BCUT2D eigenvalue weighted by Crippen LogP contribution is 2.34. The number of carboxylic acid groups (broad SMARTS) is 3. The lowest BCUT2D eigenvalue weighted by Crippen LogP contribution is -2.65. The molecule has 0 radical (unpaired) electrons. The molecule has 8 heteroatoms. The van der Waals surface area contributed by atoms with Gasteiger partial charge in [-0.2, -0.15) is 0 Å². The van der Waals surface area contributed by atoms with Gasteiger partial charge in [-0.15, -0.1) is 0 Å². The molecule has 18 heavy (non-hydrogen) atoms. The fraction of sp³-hybridized carbons (Fsp3) is 0.700. The number of hydrogen-bond acceptors (Lipinski definition) is 5. The Morgan fingerprint density at radius 1 is 1.06 bits per heavy atom. The van der Waals surface area contributed by atoms with Crippen LogP contribution >= 0.6 is 0 Å². The number of rotatable bonds is 8. The third kappa shape index (κ3) is 2.59. The molecule has 0 saturated carbocycles. The zero-order valence-electron chi connectivity index (χ0n) is 10.0. The Labute approximate surface area is 103 Å². The van der Waals surface area contributed by atoms with Gasteiger partial charge < -0.3 is 25.2 Å². The van der Waals surface area contributed by atoms with Crippen LogP contribution in [0.5, 0.6) is 0 Å². The molecule has 0 fully saturated rings. The van der Waals surface area contributed by atoms with E-state index in [4.69, 9.17) is 20.1 Å². The quantitative estimate of drug-likeness (QED) is 0.461. The summed E-state index contributed by atoms with van der Waals surface area (Å²) in [5.74, 6) is -5.26. The zero-order chi connectivity index (χ0) is 14.6. The predicted molar refractivity (Wildman–Crippen MR) is 57.1 cm³/mol. The molecule has 104 valence electrons. The van der Waals surface area contributed by atoms with E-state index in [1.54, 1.807) is 0 Å². The zero-order valence-corrected chi connectivity index (χ0v) is 10.0. The van der Waals surface area contributed by atoms with E-state index in [-0.39, 0.29) is 6.61 Å². The molecule has 0 spiro atoms. The van der Waals surface area contributed by atoms with Crippen LogP contribution in [0.15, 0.2) is 0 Å². The second-order valence-corrected chi connectivity index (χ2v) is 3.65. The maximum Gasteiger partial charge on any atom is 0.340 e. The van der Waals surface area contributed by atoms with Crippen LogP contribution < -0.4 is 0 Å². The lowest BCUT2D eigenvalue weighted by Gasteiger charge is -2.39. The predicted octanol–water partition coefficient (Wildman–Crippen LogP) is -0.453. The Balaban J connectivity index is 5.88. The molecular formula is C10H16O8. The van der Waals surface area contributed by atoms with Gasteiger partial charge >= 0.3 is 17.9 Å². The molecule has 0 aromatic heterocycles. The Bertz CT molecular complexity index is 352. The normalized spacial score (nSPS) is 17.5. The van der Waals surface area contributed by atoms with Gasteiger partial charge in [0.2, 0.25) is 11.2 Å². The number of carboxylic acids is 3. The van der Waals surface area contributed by atoms with Crippen molar-refractivity contribution in [3.63, 3.8) is 0 Å². The monoisotopic (exact) mass is 264 g/mol. The minimum Gasteiger partial charge on any atom is -0.481 e. The van der Waals surface area contributed by atoms with Gasteiger partial charge in [-0.25, -0.2) is 9.59 Å². The van der Waals surface area contributed by atoms with Crippen LogP contribution in [-0.2, 0) is 19.1 Å². The van der Waals surface area contributed by atoms with E-state index in [0.717, 1.165) is 0 Å². The summed E-state index contributed by atoms with van der Waals surface area (Å²) in [6.45, 7) is 2.35. The summed E-state index contributed by atoms with van der Waals surface area (Å²) >= 11 is 0. The Morgan fingerprint density at radius 2 is 1.56 bits per heavy atom. The molecule has 0 aliphatic carbocycles. The first kappa shape index (κ1) is 16.3. The van der Waals surface area contributed by atoms with E-state index in [0.29, 0.717) is 0 Å². The molecule has 0 bridgehead atoms. The fourth-order valence-electron chi connectivity index (χ4n) is 1.70. The van der Waals surface area contributed by atoms with Crippen molar-refractivity contribution in [3.8, 4) is 0 Å². The van der Waals surface area contributed by atoms with Gasteiger partial charge in [0.15, 0.2) is 0 Å². The molecule has 0 aliphatic heterocycles. The summed E-state index contributed by atoms with van der Waals surface area (Å²) in [6, 6.07) is 0. The van der Waals surface area contributed by atoms with Crippen LogP contribution in [0.1, 0.15) is 26.7 Å². The molecule has 8 nitrogen and oxygen atoms in total. The highest BCUT2D eigenvalue weighted by molar-refractivity contribution is 5.94. The van der Waals surface area contributed by atoms with Crippen LogP contribution in [0.4, 0.5) is 0 Å². The van der Waals surface area contributed by atoms with Gasteiger partial charge in [0.25, 0.3) is 0 Å². The van der Waals surface area contributed by atoms with Gasteiger partial charge in [-0.05, 0) is 13.3 Å². The van der Waals surface area contributed by atoms with Crippen molar-refractivity contribution in [2.45, 2.75) is 37.9 Å². The number of ether oxygens (including phenoxy) is 1. The van der Waals surface area contributed by atoms with E-state index in [2.05, 4.69) is 0 Å². The van der Waals surface area contributed by atoms with Gasteiger partial charge in [0.05, 0.1) is 6.42 Å². The first-order valence-corrected chi connectivity index (χ1v) is 5.22. The number of hydrogen-bond donors (Lipinski definition) is 4. The SMILES string of the molecule is CCOC(CC(=O)O)(C(=O)O)C(O)(CC)C(=O)O. The van der Waals surface area contributed by atoms with Gasteiger partial charge in [-0.1, -0.05) is 6.92 Å². The molecule has 0 saturated heterocycles. The summed E-state index contributed by atoms with van der Waals surface area (Å²) in [6.07, 6.45) is -1.67. The summed E-state index contributed by atoms with van der Waals surface area (Å²) in [7, 11) is 0. The second-order valence-electron chi connectivity index (χ2n) is 3.65. The molecule has 0 aromatic carbocycles. The molecule has 0 amide bonds. The lowest BCUT2D eigenvalue weighted by molar-refractivity contribution is -0.222. The maximum absolute atomic E-state index is 11.2. The Morgan fingerprint density at radius 3 is 1.78 bits per heavy atom. The van der Waals surface area contributed by atoms with E-state index in [1.165, 1.54) is 13.8 Å². The van der Waals surface area contributed by atoms with Gasteiger partial charge in [0, 0.05) is 6.61 Å². The van der Waals surface area contributed by atoms with Crippen molar-refractivity contribution in [2.24, 2.45) is 0 Å². The van der Waals surface area contributed by atoms with Crippen LogP contribution in [0.25, 0.3) is 0 Å². The highest BCUT2D eigenvalue weighted by Gasteiger charge is 2.62. The van der Waals surface area contributed by atoms with Gasteiger partial charge in [-0.3, -0.25) is 4.79 Å². The summed E-state index contributed by atoms with van der Waals surface area (Å²) in [5.41, 5.74) is -5.55. The molecule has 2 atom stereocenters. The molecule has 0 aromatic rings. The average molecular weight is 264 g/mol. The van der Waals surface area contributed by atoms with Crippen molar-refractivity contribution in [3.05, 3.63) is 0 Å². The van der Waals surface area contributed by atoms with E-state index >= 15 is 0 Å². The topological polar surface area (TPSA) is 141 Å². The van der Waals surface area contributed by atoms with E-state index < -0.39 is 42.0 Å². The van der Waals surface area contributed by atoms with Crippen molar-refractivity contribution >= 4 is 17.9 Å². The first-order valence-electron chi connectivity index (χ1n) is 5.22. The van der Waals surface area contributed by atoms with Crippen LogP contribution in [0.3, 0.4) is 0 Å².